The number of hydrogen-bond acceptors (Lipinski definition) is 5. The number of hydrogen-bond donors (Lipinski definition) is 1. The molecule has 1 aromatic heterocycles. The minimum Gasteiger partial charge on any atom is -0.505 e. The van der Waals surface area contributed by atoms with Crippen LogP contribution in [0.25, 0.3) is 21.9 Å². The van der Waals surface area contributed by atoms with Crippen LogP contribution in [0, 0.1) is 28.5 Å². The van der Waals surface area contributed by atoms with Crippen molar-refractivity contribution >= 4 is 22.5 Å². The number of aromatic hydroxyl groups is 1. The highest BCUT2D eigenvalue weighted by Crippen LogP contribution is 2.57. The van der Waals surface area contributed by atoms with E-state index >= 15 is 0 Å². The average Bonchev–Trinajstić information content (AvgIpc) is 3.57. The molecule has 3 aromatic rings. The monoisotopic (exact) mass is 494 g/mol. The lowest BCUT2D eigenvalue weighted by Crippen LogP contribution is -2.59. The van der Waals surface area contributed by atoms with Crippen LogP contribution in [0.15, 0.2) is 43.0 Å². The molecule has 7 heteroatoms. The van der Waals surface area contributed by atoms with Gasteiger partial charge in [-0.15, -0.1) is 0 Å². The SMILES string of the molecule is C=CC(=O)N1CC2(CCN(c3nc4c(c(-c5cc(O)c(F)c6ccccc56)c3C#N)CC[C@@H]3C[C@H]43)C2)C1. The Morgan fingerprint density at radius 2 is 2.05 bits per heavy atom. The third-order valence-corrected chi connectivity index (χ3v) is 8.97. The van der Waals surface area contributed by atoms with E-state index in [1.165, 1.54) is 12.1 Å². The minimum atomic E-state index is -0.645. The van der Waals surface area contributed by atoms with E-state index in [4.69, 9.17) is 4.98 Å². The lowest BCUT2D eigenvalue weighted by Gasteiger charge is -2.47. The van der Waals surface area contributed by atoms with E-state index in [9.17, 15) is 19.6 Å². The Balaban J connectivity index is 1.39. The third kappa shape index (κ3) is 3.21. The van der Waals surface area contributed by atoms with Gasteiger partial charge in [-0.25, -0.2) is 9.37 Å². The summed E-state index contributed by atoms with van der Waals surface area (Å²) >= 11 is 0. The van der Waals surface area contributed by atoms with E-state index in [-0.39, 0.29) is 11.3 Å². The van der Waals surface area contributed by atoms with Gasteiger partial charge in [-0.05, 0) is 60.3 Å². The van der Waals surface area contributed by atoms with Crippen molar-refractivity contribution in [3.63, 3.8) is 0 Å². The molecule has 0 radical (unpaired) electrons. The number of likely N-dealkylation sites (tertiary alicyclic amines) is 1. The number of carbonyl (C=O) groups excluding carboxylic acids is 1. The number of nitriles is 1. The van der Waals surface area contributed by atoms with Crippen molar-refractivity contribution < 1.29 is 14.3 Å². The van der Waals surface area contributed by atoms with E-state index in [0.29, 0.717) is 52.6 Å². The van der Waals surface area contributed by atoms with E-state index < -0.39 is 11.6 Å². The van der Waals surface area contributed by atoms with Crippen LogP contribution >= 0.6 is 0 Å². The molecule has 4 aliphatic rings. The molecule has 0 bridgehead atoms. The molecule has 7 rings (SSSR count). The zero-order chi connectivity index (χ0) is 25.5. The van der Waals surface area contributed by atoms with Gasteiger partial charge in [0.1, 0.15) is 17.5 Å². The molecule has 2 aliphatic heterocycles. The Bertz CT molecular complexity index is 1550. The van der Waals surface area contributed by atoms with Gasteiger partial charge < -0.3 is 14.9 Å². The van der Waals surface area contributed by atoms with E-state index in [1.807, 2.05) is 17.0 Å². The van der Waals surface area contributed by atoms with Gasteiger partial charge in [-0.2, -0.15) is 5.26 Å². The predicted octanol–water partition coefficient (Wildman–Crippen LogP) is 4.89. The van der Waals surface area contributed by atoms with Crippen LogP contribution in [0.1, 0.15) is 42.0 Å². The molecule has 2 aliphatic carbocycles. The maximum absolute atomic E-state index is 14.9. The molecule has 3 heterocycles. The van der Waals surface area contributed by atoms with Gasteiger partial charge in [-0.1, -0.05) is 30.8 Å². The smallest absolute Gasteiger partial charge is 0.245 e. The summed E-state index contributed by atoms with van der Waals surface area (Å²) in [5.41, 5.74) is 4.10. The standard InChI is InChI=1S/C30H27FN4O2/c1-2-25(37)35-15-30(16-35)9-10-34(14-30)29-23(13-32)26(20-8-7-17-11-21(17)28(20)33-29)22-12-24(36)27(31)19-6-4-3-5-18(19)22/h2-6,12,17,21,36H,1,7-11,14-16H2/t17-,21+/m1/s1. The van der Waals surface area contributed by atoms with Crippen molar-refractivity contribution in [2.45, 2.75) is 31.6 Å². The van der Waals surface area contributed by atoms with Crippen LogP contribution in [-0.4, -0.2) is 47.1 Å². The van der Waals surface area contributed by atoms with E-state index in [2.05, 4.69) is 17.5 Å². The maximum atomic E-state index is 14.9. The molecular weight excluding hydrogens is 467 g/mol. The van der Waals surface area contributed by atoms with E-state index in [1.54, 1.807) is 12.1 Å². The highest BCUT2D eigenvalue weighted by molar-refractivity contribution is 6.01. The number of rotatable bonds is 3. The van der Waals surface area contributed by atoms with E-state index in [0.717, 1.165) is 55.6 Å². The molecule has 37 heavy (non-hydrogen) atoms. The highest BCUT2D eigenvalue weighted by atomic mass is 19.1. The Morgan fingerprint density at radius 1 is 1.27 bits per heavy atom. The number of carbonyl (C=O) groups is 1. The number of halogens is 1. The molecule has 1 saturated carbocycles. The second kappa shape index (κ2) is 7.79. The number of aromatic nitrogens is 1. The summed E-state index contributed by atoms with van der Waals surface area (Å²) in [6.45, 7) is 6.47. The van der Waals surface area contributed by atoms with Crippen molar-refractivity contribution in [3.05, 3.63) is 65.6 Å². The van der Waals surface area contributed by atoms with Crippen molar-refractivity contribution in [1.82, 2.24) is 9.88 Å². The molecule has 1 N–H and O–H groups in total. The van der Waals surface area contributed by atoms with Gasteiger partial charge >= 0.3 is 0 Å². The van der Waals surface area contributed by atoms with Crippen molar-refractivity contribution in [1.29, 1.82) is 5.26 Å². The largest absolute Gasteiger partial charge is 0.505 e. The molecule has 0 unspecified atom stereocenters. The quantitative estimate of drug-likeness (QED) is 0.525. The van der Waals surface area contributed by atoms with Gasteiger partial charge in [0.2, 0.25) is 5.91 Å². The van der Waals surface area contributed by atoms with Crippen LogP contribution in [0.5, 0.6) is 5.75 Å². The summed E-state index contributed by atoms with van der Waals surface area (Å²) in [5.74, 6) is 0.623. The number of nitrogens with zero attached hydrogens (tertiary/aromatic N) is 4. The fourth-order valence-electron chi connectivity index (χ4n) is 7.01. The topological polar surface area (TPSA) is 80.5 Å². The third-order valence-electron chi connectivity index (χ3n) is 8.97. The van der Waals surface area contributed by atoms with Crippen molar-refractivity contribution in [3.8, 4) is 22.9 Å². The number of anilines is 1. The zero-order valence-corrected chi connectivity index (χ0v) is 20.5. The molecule has 186 valence electrons. The Hall–Kier alpha value is -3.92. The Kier molecular flexibility index (Phi) is 4.69. The van der Waals surface area contributed by atoms with Crippen LogP contribution in [0.4, 0.5) is 10.2 Å². The summed E-state index contributed by atoms with van der Waals surface area (Å²) < 4.78 is 14.9. The first-order valence-electron chi connectivity index (χ1n) is 13.0. The van der Waals surface area contributed by atoms with Crippen LogP contribution in [0.2, 0.25) is 0 Å². The van der Waals surface area contributed by atoms with Crippen LogP contribution < -0.4 is 4.90 Å². The second-order valence-electron chi connectivity index (χ2n) is 11.2. The highest BCUT2D eigenvalue weighted by Gasteiger charge is 2.50. The number of benzene rings is 2. The molecular formula is C30H27FN4O2. The predicted molar refractivity (Wildman–Crippen MR) is 139 cm³/mol. The zero-order valence-electron chi connectivity index (χ0n) is 20.5. The van der Waals surface area contributed by atoms with Gasteiger partial charge in [-0.3, -0.25) is 4.79 Å². The summed E-state index contributed by atoms with van der Waals surface area (Å²) in [5, 5.41) is 22.1. The molecule has 6 nitrogen and oxygen atoms in total. The van der Waals surface area contributed by atoms with Gasteiger partial charge in [0, 0.05) is 48.5 Å². The van der Waals surface area contributed by atoms with Gasteiger partial charge in [0.25, 0.3) is 0 Å². The molecule has 1 spiro atoms. The fourth-order valence-corrected chi connectivity index (χ4v) is 7.01. The normalized spacial score (nSPS) is 22.8. The van der Waals surface area contributed by atoms with Gasteiger partial charge in [0.05, 0.1) is 5.69 Å². The fraction of sp³-hybridized carbons (Fsp3) is 0.367. The van der Waals surface area contributed by atoms with Gasteiger partial charge in [0.15, 0.2) is 11.6 Å². The van der Waals surface area contributed by atoms with Crippen molar-refractivity contribution in [2.75, 3.05) is 31.1 Å². The number of amides is 1. The number of fused-ring (bicyclic) bond motifs is 4. The number of pyridine rings is 1. The lowest BCUT2D eigenvalue weighted by molar-refractivity contribution is -0.136. The number of phenolic OH excluding ortho intramolecular Hbond substituents is 1. The first-order valence-corrected chi connectivity index (χ1v) is 13.0. The molecule has 2 atom stereocenters. The Labute approximate surface area is 214 Å². The summed E-state index contributed by atoms with van der Waals surface area (Å²) in [7, 11) is 0. The minimum absolute atomic E-state index is 0.00605. The summed E-state index contributed by atoms with van der Waals surface area (Å²) in [4.78, 5) is 21.2. The average molecular weight is 495 g/mol. The maximum Gasteiger partial charge on any atom is 0.245 e. The summed E-state index contributed by atoms with van der Waals surface area (Å²) in [6, 6.07) is 11.1. The second-order valence-corrected chi connectivity index (χ2v) is 11.2. The van der Waals surface area contributed by atoms with Crippen molar-refractivity contribution in [2.24, 2.45) is 11.3 Å². The lowest BCUT2D eigenvalue weighted by atomic mass is 9.79. The summed E-state index contributed by atoms with van der Waals surface area (Å²) in [6.07, 6.45) is 5.28. The molecule has 1 amide bonds. The number of phenols is 1. The first kappa shape index (κ1) is 22.3. The molecule has 2 saturated heterocycles. The van der Waals surface area contributed by atoms with Crippen LogP contribution in [0.3, 0.4) is 0 Å². The Morgan fingerprint density at radius 3 is 2.81 bits per heavy atom. The molecule has 2 aromatic carbocycles. The molecule has 3 fully saturated rings. The van der Waals surface area contributed by atoms with Crippen LogP contribution in [-0.2, 0) is 11.2 Å². The first-order chi connectivity index (χ1) is 17.9.